The first-order chi connectivity index (χ1) is 6.76. The van der Waals surface area contributed by atoms with E-state index in [1.165, 1.54) is 5.56 Å². The molecule has 0 spiro atoms. The Bertz CT molecular complexity index is 298. The van der Waals surface area contributed by atoms with Gasteiger partial charge in [-0.05, 0) is 25.5 Å². The second-order valence-corrected chi connectivity index (χ2v) is 3.17. The SMILES string of the molecule is CC/C(CO)=N/Nc1ccc(C)cc1. The smallest absolute Gasteiger partial charge is 0.0831 e. The molecule has 0 saturated heterocycles. The Morgan fingerprint density at radius 3 is 2.50 bits per heavy atom. The highest BCUT2D eigenvalue weighted by Gasteiger charge is 1.93. The number of aliphatic hydroxyl groups is 1. The summed E-state index contributed by atoms with van der Waals surface area (Å²) in [5.74, 6) is 0. The van der Waals surface area contributed by atoms with Crippen molar-refractivity contribution in [2.45, 2.75) is 20.3 Å². The summed E-state index contributed by atoms with van der Waals surface area (Å²) >= 11 is 0. The zero-order valence-electron chi connectivity index (χ0n) is 8.62. The van der Waals surface area contributed by atoms with Crippen molar-refractivity contribution in [2.24, 2.45) is 5.10 Å². The van der Waals surface area contributed by atoms with E-state index in [4.69, 9.17) is 5.11 Å². The van der Waals surface area contributed by atoms with Gasteiger partial charge in [-0.15, -0.1) is 0 Å². The Balaban J connectivity index is 2.60. The molecule has 0 radical (unpaired) electrons. The van der Waals surface area contributed by atoms with Gasteiger partial charge in [0.05, 0.1) is 18.0 Å². The van der Waals surface area contributed by atoms with E-state index in [0.29, 0.717) is 0 Å². The van der Waals surface area contributed by atoms with Crippen LogP contribution in [0.25, 0.3) is 0 Å². The molecular formula is C11H16N2O. The number of rotatable bonds is 4. The Labute approximate surface area is 84.5 Å². The maximum absolute atomic E-state index is 8.88. The fourth-order valence-electron chi connectivity index (χ4n) is 0.998. The lowest BCUT2D eigenvalue weighted by molar-refractivity contribution is 0.355. The fraction of sp³-hybridized carbons (Fsp3) is 0.364. The van der Waals surface area contributed by atoms with Crippen molar-refractivity contribution in [3.8, 4) is 0 Å². The molecule has 0 amide bonds. The third-order valence-electron chi connectivity index (χ3n) is 1.99. The van der Waals surface area contributed by atoms with Crippen molar-refractivity contribution in [1.29, 1.82) is 0 Å². The molecule has 0 saturated carbocycles. The number of hydrogen-bond donors (Lipinski definition) is 2. The number of nitrogens with one attached hydrogen (secondary N) is 1. The third kappa shape index (κ3) is 3.18. The van der Waals surface area contributed by atoms with Crippen molar-refractivity contribution in [3.05, 3.63) is 29.8 Å². The molecule has 1 aromatic rings. The van der Waals surface area contributed by atoms with Gasteiger partial charge in [0.1, 0.15) is 0 Å². The molecule has 0 aliphatic heterocycles. The number of hydrazone groups is 1. The second kappa shape index (κ2) is 5.40. The summed E-state index contributed by atoms with van der Waals surface area (Å²) in [5, 5.41) is 13.0. The van der Waals surface area contributed by atoms with Crippen molar-refractivity contribution in [1.82, 2.24) is 0 Å². The Kier molecular flexibility index (Phi) is 4.13. The first-order valence-electron chi connectivity index (χ1n) is 4.75. The number of benzene rings is 1. The molecule has 0 heterocycles. The molecule has 14 heavy (non-hydrogen) atoms. The normalized spacial score (nSPS) is 11.5. The van der Waals surface area contributed by atoms with Gasteiger partial charge in [0.2, 0.25) is 0 Å². The summed E-state index contributed by atoms with van der Waals surface area (Å²) in [7, 11) is 0. The van der Waals surface area contributed by atoms with E-state index in [2.05, 4.69) is 10.5 Å². The molecule has 76 valence electrons. The largest absolute Gasteiger partial charge is 0.390 e. The maximum Gasteiger partial charge on any atom is 0.0831 e. The van der Waals surface area contributed by atoms with E-state index >= 15 is 0 Å². The molecule has 2 N–H and O–H groups in total. The zero-order chi connectivity index (χ0) is 10.4. The monoisotopic (exact) mass is 192 g/mol. The first kappa shape index (κ1) is 10.7. The van der Waals surface area contributed by atoms with Gasteiger partial charge in [0, 0.05) is 0 Å². The predicted molar refractivity (Wildman–Crippen MR) is 59.6 cm³/mol. The molecule has 0 unspecified atom stereocenters. The Morgan fingerprint density at radius 1 is 1.36 bits per heavy atom. The van der Waals surface area contributed by atoms with Crippen molar-refractivity contribution in [2.75, 3.05) is 12.0 Å². The molecule has 0 atom stereocenters. The minimum absolute atomic E-state index is 0.00929. The molecule has 0 aromatic heterocycles. The third-order valence-corrected chi connectivity index (χ3v) is 1.99. The second-order valence-electron chi connectivity index (χ2n) is 3.17. The first-order valence-corrected chi connectivity index (χ1v) is 4.75. The lowest BCUT2D eigenvalue weighted by atomic mass is 10.2. The van der Waals surface area contributed by atoms with Gasteiger partial charge < -0.3 is 5.11 Å². The van der Waals surface area contributed by atoms with Gasteiger partial charge in [0.15, 0.2) is 0 Å². The van der Waals surface area contributed by atoms with Crippen LogP contribution in [0.1, 0.15) is 18.9 Å². The van der Waals surface area contributed by atoms with Gasteiger partial charge in [-0.25, -0.2) is 0 Å². The van der Waals surface area contributed by atoms with E-state index in [1.54, 1.807) is 0 Å². The number of anilines is 1. The number of aliphatic hydroxyl groups excluding tert-OH is 1. The van der Waals surface area contributed by atoms with E-state index in [-0.39, 0.29) is 6.61 Å². The van der Waals surface area contributed by atoms with Crippen LogP contribution in [0.3, 0.4) is 0 Å². The summed E-state index contributed by atoms with van der Waals surface area (Å²) in [6.45, 7) is 4.01. The number of hydrogen-bond acceptors (Lipinski definition) is 3. The molecule has 1 rings (SSSR count). The summed E-state index contributed by atoms with van der Waals surface area (Å²) in [6.07, 6.45) is 0.759. The average Bonchev–Trinajstić information content (AvgIpc) is 2.22. The summed E-state index contributed by atoms with van der Waals surface area (Å²) in [5.41, 5.74) is 5.82. The van der Waals surface area contributed by atoms with Crippen molar-refractivity contribution < 1.29 is 5.11 Å². The highest BCUT2D eigenvalue weighted by Crippen LogP contribution is 2.08. The van der Waals surface area contributed by atoms with Gasteiger partial charge in [-0.1, -0.05) is 24.6 Å². The standard InChI is InChI=1S/C11H16N2O/c1-3-10(8-14)12-13-11-6-4-9(2)5-7-11/h4-7,13-14H,3,8H2,1-2H3/b12-10-. The molecular weight excluding hydrogens is 176 g/mol. The van der Waals surface area contributed by atoms with Crippen LogP contribution < -0.4 is 5.43 Å². The molecule has 0 bridgehead atoms. The van der Waals surface area contributed by atoms with E-state index in [9.17, 15) is 0 Å². The molecule has 3 heteroatoms. The predicted octanol–water partition coefficient (Wildman–Crippen LogP) is 2.17. The average molecular weight is 192 g/mol. The molecule has 0 aliphatic carbocycles. The minimum Gasteiger partial charge on any atom is -0.390 e. The fourth-order valence-corrected chi connectivity index (χ4v) is 0.998. The number of nitrogens with zero attached hydrogens (tertiary/aromatic N) is 1. The Hall–Kier alpha value is -1.35. The van der Waals surface area contributed by atoms with Gasteiger partial charge in [-0.2, -0.15) is 5.10 Å². The van der Waals surface area contributed by atoms with E-state index in [0.717, 1.165) is 17.8 Å². The summed E-state index contributed by atoms with van der Waals surface area (Å²) < 4.78 is 0. The lowest BCUT2D eigenvalue weighted by Gasteiger charge is -2.03. The van der Waals surface area contributed by atoms with Crippen LogP contribution in [0.4, 0.5) is 5.69 Å². The van der Waals surface area contributed by atoms with Gasteiger partial charge >= 0.3 is 0 Å². The van der Waals surface area contributed by atoms with Crippen molar-refractivity contribution in [3.63, 3.8) is 0 Å². The quantitative estimate of drug-likeness (QED) is 0.567. The van der Waals surface area contributed by atoms with E-state index < -0.39 is 0 Å². The van der Waals surface area contributed by atoms with Crippen LogP contribution in [0.15, 0.2) is 29.4 Å². The zero-order valence-corrected chi connectivity index (χ0v) is 8.62. The van der Waals surface area contributed by atoms with Crippen LogP contribution in [0.5, 0.6) is 0 Å². The summed E-state index contributed by atoms with van der Waals surface area (Å²) in [4.78, 5) is 0. The van der Waals surface area contributed by atoms with Crippen LogP contribution >= 0.6 is 0 Å². The highest BCUT2D eigenvalue weighted by atomic mass is 16.3. The topological polar surface area (TPSA) is 44.6 Å². The summed E-state index contributed by atoms with van der Waals surface area (Å²) in [6, 6.07) is 7.96. The van der Waals surface area contributed by atoms with E-state index in [1.807, 2.05) is 38.1 Å². The maximum atomic E-state index is 8.88. The molecule has 0 aliphatic rings. The molecule has 3 nitrogen and oxygen atoms in total. The number of aryl methyl sites for hydroxylation is 1. The van der Waals surface area contributed by atoms with Gasteiger partial charge in [0.25, 0.3) is 0 Å². The van der Waals surface area contributed by atoms with Crippen LogP contribution in [0, 0.1) is 6.92 Å². The molecule has 1 aromatic carbocycles. The highest BCUT2D eigenvalue weighted by molar-refractivity contribution is 5.85. The lowest BCUT2D eigenvalue weighted by Crippen LogP contribution is -2.05. The van der Waals surface area contributed by atoms with Crippen LogP contribution in [-0.4, -0.2) is 17.4 Å². The Morgan fingerprint density at radius 2 is 2.00 bits per heavy atom. The van der Waals surface area contributed by atoms with Crippen LogP contribution in [-0.2, 0) is 0 Å². The minimum atomic E-state index is 0.00929. The van der Waals surface area contributed by atoms with Gasteiger partial charge in [-0.3, -0.25) is 5.43 Å². The van der Waals surface area contributed by atoms with Crippen molar-refractivity contribution >= 4 is 11.4 Å². The molecule has 0 fully saturated rings. The van der Waals surface area contributed by atoms with Crippen LogP contribution in [0.2, 0.25) is 0 Å².